The van der Waals surface area contributed by atoms with E-state index in [1.165, 1.54) is 0 Å². The molecular weight excluding hydrogens is 258 g/mol. The summed E-state index contributed by atoms with van der Waals surface area (Å²) in [5.41, 5.74) is 6.87. The Morgan fingerprint density at radius 1 is 1.53 bits per heavy atom. The molecule has 0 aliphatic rings. The monoisotopic (exact) mass is 275 g/mol. The number of primary amides is 1. The van der Waals surface area contributed by atoms with Crippen LogP contribution in [0.3, 0.4) is 0 Å². The largest absolute Gasteiger partial charge is 0.366 e. The number of nitrogens with zero attached hydrogens (tertiary/aromatic N) is 2. The normalized spacial score (nSPS) is 12.6. The number of carbonyl (C=O) groups is 1. The summed E-state index contributed by atoms with van der Waals surface area (Å²) in [5.74, 6) is -0.372. The Morgan fingerprint density at radius 2 is 2.32 bits per heavy atom. The number of pyridine rings is 1. The minimum absolute atomic E-state index is 0.223. The lowest BCUT2D eigenvalue weighted by Gasteiger charge is -2.23. The lowest BCUT2D eigenvalue weighted by Crippen LogP contribution is -2.22. The molecular formula is C14H17N3OS. The molecule has 1 amide bonds. The molecule has 0 aliphatic carbocycles. The van der Waals surface area contributed by atoms with Gasteiger partial charge in [-0.15, -0.1) is 11.3 Å². The second kappa shape index (κ2) is 5.95. The van der Waals surface area contributed by atoms with E-state index >= 15 is 0 Å². The number of nitrogens with two attached hydrogens (primary N) is 1. The van der Waals surface area contributed by atoms with E-state index in [9.17, 15) is 4.79 Å². The highest BCUT2D eigenvalue weighted by molar-refractivity contribution is 7.10. The van der Waals surface area contributed by atoms with Crippen LogP contribution in [0.1, 0.15) is 33.9 Å². The highest BCUT2D eigenvalue weighted by Gasteiger charge is 2.14. The molecule has 1 atom stereocenters. The predicted molar refractivity (Wildman–Crippen MR) is 77.0 cm³/mol. The number of hydrogen-bond donors (Lipinski definition) is 1. The van der Waals surface area contributed by atoms with E-state index in [0.29, 0.717) is 5.56 Å². The molecule has 0 aliphatic heterocycles. The van der Waals surface area contributed by atoms with Crippen LogP contribution in [0.15, 0.2) is 35.8 Å². The van der Waals surface area contributed by atoms with Crippen LogP contribution >= 0.6 is 11.3 Å². The molecule has 0 spiro atoms. The maximum absolute atomic E-state index is 11.1. The highest BCUT2D eigenvalue weighted by Crippen LogP contribution is 2.22. The fraction of sp³-hybridized carbons (Fsp3) is 0.286. The Bertz CT molecular complexity index is 553. The topological polar surface area (TPSA) is 59.2 Å². The number of rotatable bonds is 5. The molecule has 2 aromatic heterocycles. The van der Waals surface area contributed by atoms with Gasteiger partial charge in [-0.25, -0.2) is 0 Å². The first-order valence-electron chi connectivity index (χ1n) is 6.06. The first-order chi connectivity index (χ1) is 9.08. The summed E-state index contributed by atoms with van der Waals surface area (Å²) >= 11 is 1.56. The van der Waals surface area contributed by atoms with E-state index in [0.717, 1.165) is 17.1 Å². The van der Waals surface area contributed by atoms with Crippen LogP contribution in [-0.2, 0) is 6.54 Å². The van der Waals surface area contributed by atoms with Crippen LogP contribution in [0.2, 0.25) is 0 Å². The average Bonchev–Trinajstić information content (AvgIpc) is 2.87. The van der Waals surface area contributed by atoms with Crippen molar-refractivity contribution in [2.75, 3.05) is 7.05 Å². The molecule has 2 rings (SSSR count). The van der Waals surface area contributed by atoms with Crippen LogP contribution in [0, 0.1) is 0 Å². The van der Waals surface area contributed by atoms with Crippen LogP contribution in [-0.4, -0.2) is 22.8 Å². The Kier molecular flexibility index (Phi) is 4.29. The van der Waals surface area contributed by atoms with E-state index < -0.39 is 0 Å². The molecule has 0 fully saturated rings. The summed E-state index contributed by atoms with van der Waals surface area (Å²) in [7, 11) is 2.04. The standard InChI is InChI=1S/C14H17N3OS/c1-10(13-5-3-4-6-16-13)17(2)8-12-7-11(9-19-12)14(15)18/h3-7,9-10H,8H2,1-2H3,(H2,15,18)/t10-/m0/s1. The van der Waals surface area contributed by atoms with Crippen LogP contribution in [0.5, 0.6) is 0 Å². The summed E-state index contributed by atoms with van der Waals surface area (Å²) in [6.45, 7) is 2.89. The van der Waals surface area contributed by atoms with Gasteiger partial charge in [0.1, 0.15) is 0 Å². The van der Waals surface area contributed by atoms with Crippen LogP contribution in [0.4, 0.5) is 0 Å². The Morgan fingerprint density at radius 3 is 2.89 bits per heavy atom. The van der Waals surface area contributed by atoms with Gasteiger partial charge in [-0.2, -0.15) is 0 Å². The third-order valence-corrected chi connectivity index (χ3v) is 4.04. The molecule has 19 heavy (non-hydrogen) atoms. The van der Waals surface area contributed by atoms with Crippen molar-refractivity contribution < 1.29 is 4.79 Å². The predicted octanol–water partition coefficient (Wildman–Crippen LogP) is 2.44. The van der Waals surface area contributed by atoms with Crippen LogP contribution in [0.25, 0.3) is 0 Å². The van der Waals surface area contributed by atoms with Crippen molar-refractivity contribution in [1.82, 2.24) is 9.88 Å². The number of hydrogen-bond acceptors (Lipinski definition) is 4. The molecule has 0 unspecified atom stereocenters. The molecule has 0 saturated carbocycles. The zero-order chi connectivity index (χ0) is 13.8. The van der Waals surface area contributed by atoms with Crippen molar-refractivity contribution in [2.24, 2.45) is 5.73 Å². The number of carbonyl (C=O) groups excluding carboxylic acids is 1. The van der Waals surface area contributed by atoms with E-state index in [4.69, 9.17) is 5.73 Å². The first kappa shape index (κ1) is 13.7. The molecule has 2 aromatic rings. The molecule has 0 bridgehead atoms. The zero-order valence-corrected chi connectivity index (χ0v) is 11.9. The van der Waals surface area contributed by atoms with Gasteiger partial charge in [0.05, 0.1) is 11.3 Å². The van der Waals surface area contributed by atoms with E-state index in [-0.39, 0.29) is 11.9 Å². The van der Waals surface area contributed by atoms with Gasteiger partial charge >= 0.3 is 0 Å². The van der Waals surface area contributed by atoms with Gasteiger partial charge in [0, 0.05) is 29.0 Å². The molecule has 2 N–H and O–H groups in total. The van der Waals surface area contributed by atoms with Gasteiger partial charge in [0.2, 0.25) is 5.91 Å². The Hall–Kier alpha value is -1.72. The van der Waals surface area contributed by atoms with Gasteiger partial charge in [-0.05, 0) is 32.2 Å². The van der Waals surface area contributed by atoms with Gasteiger partial charge in [0.15, 0.2) is 0 Å². The highest BCUT2D eigenvalue weighted by atomic mass is 32.1. The average molecular weight is 275 g/mol. The molecule has 2 heterocycles. The fourth-order valence-electron chi connectivity index (χ4n) is 1.82. The smallest absolute Gasteiger partial charge is 0.249 e. The number of amides is 1. The van der Waals surface area contributed by atoms with Crippen LogP contribution < -0.4 is 5.73 Å². The summed E-state index contributed by atoms with van der Waals surface area (Å²) in [6.07, 6.45) is 1.80. The molecule has 0 saturated heterocycles. The molecule has 0 radical (unpaired) electrons. The number of aromatic nitrogens is 1. The van der Waals surface area contributed by atoms with E-state index in [2.05, 4.69) is 16.8 Å². The molecule has 100 valence electrons. The lowest BCUT2D eigenvalue weighted by molar-refractivity contribution is 0.100. The SMILES string of the molecule is C[C@@H](c1ccccn1)N(C)Cc1cc(C(N)=O)cs1. The maximum atomic E-state index is 11.1. The van der Waals surface area contributed by atoms with Crippen molar-refractivity contribution in [3.05, 3.63) is 52.0 Å². The van der Waals surface area contributed by atoms with Gasteiger partial charge in [0.25, 0.3) is 0 Å². The van der Waals surface area contributed by atoms with Crippen molar-refractivity contribution in [3.63, 3.8) is 0 Å². The quantitative estimate of drug-likeness (QED) is 0.911. The second-order valence-electron chi connectivity index (χ2n) is 4.51. The molecule has 0 aromatic carbocycles. The minimum Gasteiger partial charge on any atom is -0.366 e. The van der Waals surface area contributed by atoms with Gasteiger partial charge in [-0.1, -0.05) is 6.07 Å². The summed E-state index contributed by atoms with van der Waals surface area (Å²) in [4.78, 5) is 18.7. The Labute approximate surface area is 116 Å². The Balaban J connectivity index is 2.04. The maximum Gasteiger partial charge on any atom is 0.249 e. The van der Waals surface area contributed by atoms with Gasteiger partial charge in [-0.3, -0.25) is 14.7 Å². The van der Waals surface area contributed by atoms with Crippen molar-refractivity contribution in [1.29, 1.82) is 0 Å². The third-order valence-electron chi connectivity index (χ3n) is 3.12. The van der Waals surface area contributed by atoms with Crippen molar-refractivity contribution in [2.45, 2.75) is 19.5 Å². The van der Waals surface area contributed by atoms with E-state index in [1.54, 1.807) is 22.9 Å². The summed E-state index contributed by atoms with van der Waals surface area (Å²) < 4.78 is 0. The van der Waals surface area contributed by atoms with Gasteiger partial charge < -0.3 is 5.73 Å². The molecule has 5 heteroatoms. The third kappa shape index (κ3) is 3.39. The van der Waals surface area contributed by atoms with Crippen molar-refractivity contribution in [3.8, 4) is 0 Å². The van der Waals surface area contributed by atoms with Crippen molar-refractivity contribution >= 4 is 17.2 Å². The first-order valence-corrected chi connectivity index (χ1v) is 6.94. The lowest BCUT2D eigenvalue weighted by atomic mass is 10.2. The number of thiophene rings is 1. The minimum atomic E-state index is -0.372. The zero-order valence-electron chi connectivity index (χ0n) is 11.0. The summed E-state index contributed by atoms with van der Waals surface area (Å²) in [5, 5.41) is 1.80. The summed E-state index contributed by atoms with van der Waals surface area (Å²) in [6, 6.07) is 8.00. The fourth-order valence-corrected chi connectivity index (χ4v) is 2.76. The van der Waals surface area contributed by atoms with E-state index in [1.807, 2.05) is 31.3 Å². The molecule has 4 nitrogen and oxygen atoms in total. The second-order valence-corrected chi connectivity index (χ2v) is 5.51.